The first-order valence-corrected chi connectivity index (χ1v) is 6.65. The van der Waals surface area contributed by atoms with Crippen molar-refractivity contribution in [3.8, 4) is 0 Å². The first-order valence-electron chi connectivity index (χ1n) is 6.65. The lowest BCUT2D eigenvalue weighted by Gasteiger charge is -2.07. The first-order chi connectivity index (χ1) is 9.33. The second-order valence-corrected chi connectivity index (χ2v) is 4.39. The molecule has 1 heterocycles. The van der Waals surface area contributed by atoms with Crippen molar-refractivity contribution < 1.29 is 4.79 Å². The van der Waals surface area contributed by atoms with E-state index in [0.717, 1.165) is 30.3 Å². The molecule has 100 valence electrons. The molecular weight excluding hydrogens is 238 g/mol. The highest BCUT2D eigenvalue weighted by Crippen LogP contribution is 2.15. The van der Waals surface area contributed by atoms with Crippen molar-refractivity contribution in [1.29, 1.82) is 0 Å². The fourth-order valence-corrected chi connectivity index (χ4v) is 1.95. The van der Waals surface area contributed by atoms with Gasteiger partial charge in [-0.2, -0.15) is 0 Å². The molecule has 0 fully saturated rings. The van der Waals surface area contributed by atoms with Crippen LogP contribution in [0.3, 0.4) is 0 Å². The Bertz CT molecular complexity index is 549. The number of carbonyl (C=O) groups is 1. The lowest BCUT2D eigenvalue weighted by molar-refractivity contribution is 0.0951. The van der Waals surface area contributed by atoms with Gasteiger partial charge >= 0.3 is 0 Å². The van der Waals surface area contributed by atoms with E-state index in [1.165, 1.54) is 0 Å². The molecule has 2 rings (SSSR count). The Morgan fingerprint density at radius 2 is 2.00 bits per heavy atom. The summed E-state index contributed by atoms with van der Waals surface area (Å²) in [6.45, 7) is 4.49. The molecule has 0 saturated carbocycles. The molecule has 0 aliphatic carbocycles. The average Bonchev–Trinajstić information content (AvgIpc) is 2.46. The van der Waals surface area contributed by atoms with Crippen LogP contribution in [0.4, 0.5) is 0 Å². The smallest absolute Gasteiger partial charge is 0.270 e. The topological polar surface area (TPSA) is 54.0 Å². The molecule has 19 heavy (non-hydrogen) atoms. The Morgan fingerprint density at radius 3 is 2.84 bits per heavy atom. The number of hydrogen-bond donors (Lipinski definition) is 2. The van der Waals surface area contributed by atoms with Crippen molar-refractivity contribution in [1.82, 2.24) is 15.6 Å². The van der Waals surface area contributed by atoms with Gasteiger partial charge in [0.05, 0.1) is 0 Å². The number of rotatable bonds is 6. The third-order valence-corrected chi connectivity index (χ3v) is 2.90. The van der Waals surface area contributed by atoms with Gasteiger partial charge in [0, 0.05) is 24.7 Å². The van der Waals surface area contributed by atoms with Gasteiger partial charge in [-0.05, 0) is 24.4 Å². The quantitative estimate of drug-likeness (QED) is 0.778. The van der Waals surface area contributed by atoms with E-state index in [1.54, 1.807) is 6.20 Å². The summed E-state index contributed by atoms with van der Waals surface area (Å²) in [5.41, 5.74) is 0.494. The fourth-order valence-electron chi connectivity index (χ4n) is 1.95. The van der Waals surface area contributed by atoms with Crippen LogP contribution >= 0.6 is 0 Å². The Morgan fingerprint density at radius 1 is 1.16 bits per heavy atom. The van der Waals surface area contributed by atoms with Crippen molar-refractivity contribution >= 4 is 16.7 Å². The lowest BCUT2D eigenvalue weighted by Crippen LogP contribution is -2.32. The summed E-state index contributed by atoms with van der Waals surface area (Å²) in [6, 6.07) is 9.69. The maximum absolute atomic E-state index is 12.1. The van der Waals surface area contributed by atoms with Gasteiger partial charge in [0.15, 0.2) is 0 Å². The molecule has 0 spiro atoms. The number of carbonyl (C=O) groups excluding carboxylic acids is 1. The number of hydrogen-bond acceptors (Lipinski definition) is 3. The zero-order chi connectivity index (χ0) is 13.5. The summed E-state index contributed by atoms with van der Waals surface area (Å²) in [4.78, 5) is 16.3. The molecule has 0 unspecified atom stereocenters. The predicted molar refractivity (Wildman–Crippen MR) is 77.2 cm³/mol. The largest absolute Gasteiger partial charge is 0.349 e. The van der Waals surface area contributed by atoms with Crippen molar-refractivity contribution in [2.75, 3.05) is 19.6 Å². The molecule has 0 aliphatic heterocycles. The second-order valence-electron chi connectivity index (χ2n) is 4.39. The molecule has 1 aromatic heterocycles. The van der Waals surface area contributed by atoms with Gasteiger partial charge in [-0.25, -0.2) is 0 Å². The van der Waals surface area contributed by atoms with Crippen LogP contribution in [0.5, 0.6) is 0 Å². The van der Waals surface area contributed by atoms with Crippen LogP contribution in [0, 0.1) is 0 Å². The number of benzene rings is 1. The van der Waals surface area contributed by atoms with E-state index in [4.69, 9.17) is 0 Å². The SMILES string of the molecule is CCCNCCNC(=O)c1nccc2ccccc12. The van der Waals surface area contributed by atoms with E-state index >= 15 is 0 Å². The molecule has 1 aromatic carbocycles. The Kier molecular flexibility index (Phi) is 4.86. The summed E-state index contributed by atoms with van der Waals surface area (Å²) in [7, 11) is 0. The number of nitrogens with one attached hydrogen (secondary N) is 2. The number of fused-ring (bicyclic) bond motifs is 1. The van der Waals surface area contributed by atoms with Crippen LogP contribution in [0.2, 0.25) is 0 Å². The first kappa shape index (κ1) is 13.5. The van der Waals surface area contributed by atoms with Crippen molar-refractivity contribution in [2.24, 2.45) is 0 Å². The van der Waals surface area contributed by atoms with Gasteiger partial charge in [0.1, 0.15) is 5.69 Å². The molecule has 0 aliphatic rings. The number of pyridine rings is 1. The summed E-state index contributed by atoms with van der Waals surface area (Å²) >= 11 is 0. The van der Waals surface area contributed by atoms with Gasteiger partial charge in [0.25, 0.3) is 5.91 Å². The molecule has 2 N–H and O–H groups in total. The van der Waals surface area contributed by atoms with E-state index in [2.05, 4.69) is 22.5 Å². The maximum atomic E-state index is 12.1. The minimum absolute atomic E-state index is 0.116. The second kappa shape index (κ2) is 6.85. The number of aromatic nitrogens is 1. The fraction of sp³-hybridized carbons (Fsp3) is 0.333. The molecule has 0 atom stereocenters. The Labute approximate surface area is 113 Å². The van der Waals surface area contributed by atoms with Crippen LogP contribution in [0.25, 0.3) is 10.8 Å². The Balaban J connectivity index is 2.01. The Hall–Kier alpha value is -1.94. The zero-order valence-electron chi connectivity index (χ0n) is 11.1. The molecule has 0 radical (unpaired) electrons. The van der Waals surface area contributed by atoms with Crippen LogP contribution in [0.15, 0.2) is 36.5 Å². The molecule has 4 heteroatoms. The van der Waals surface area contributed by atoms with Crippen molar-refractivity contribution in [2.45, 2.75) is 13.3 Å². The highest BCUT2D eigenvalue weighted by atomic mass is 16.1. The molecule has 0 bridgehead atoms. The molecular formula is C15H19N3O. The summed E-state index contributed by atoms with van der Waals surface area (Å²) in [6.07, 6.45) is 2.77. The minimum atomic E-state index is -0.116. The summed E-state index contributed by atoms with van der Waals surface area (Å²) < 4.78 is 0. The molecule has 1 amide bonds. The van der Waals surface area contributed by atoms with Crippen LogP contribution in [-0.4, -0.2) is 30.5 Å². The maximum Gasteiger partial charge on any atom is 0.270 e. The van der Waals surface area contributed by atoms with E-state index < -0.39 is 0 Å². The van der Waals surface area contributed by atoms with Crippen LogP contribution in [-0.2, 0) is 0 Å². The van der Waals surface area contributed by atoms with Crippen LogP contribution in [0.1, 0.15) is 23.8 Å². The van der Waals surface area contributed by atoms with E-state index in [0.29, 0.717) is 12.2 Å². The van der Waals surface area contributed by atoms with Crippen molar-refractivity contribution in [3.63, 3.8) is 0 Å². The van der Waals surface area contributed by atoms with Gasteiger partial charge in [0.2, 0.25) is 0 Å². The summed E-state index contributed by atoms with van der Waals surface area (Å²) in [5.74, 6) is -0.116. The highest BCUT2D eigenvalue weighted by Gasteiger charge is 2.10. The molecule has 2 aromatic rings. The number of amides is 1. The third-order valence-electron chi connectivity index (χ3n) is 2.90. The van der Waals surface area contributed by atoms with Gasteiger partial charge in [-0.15, -0.1) is 0 Å². The third kappa shape index (κ3) is 3.51. The standard InChI is InChI=1S/C15H19N3O/c1-2-8-16-10-11-18-15(19)14-13-6-4-3-5-12(13)7-9-17-14/h3-7,9,16H,2,8,10-11H2,1H3,(H,18,19). The monoisotopic (exact) mass is 257 g/mol. The van der Waals surface area contributed by atoms with Gasteiger partial charge in [-0.1, -0.05) is 31.2 Å². The highest BCUT2D eigenvalue weighted by molar-refractivity contribution is 6.05. The normalized spacial score (nSPS) is 10.6. The molecule has 0 saturated heterocycles. The number of nitrogens with zero attached hydrogens (tertiary/aromatic N) is 1. The van der Waals surface area contributed by atoms with E-state index in [-0.39, 0.29) is 5.91 Å². The van der Waals surface area contributed by atoms with E-state index in [9.17, 15) is 4.79 Å². The van der Waals surface area contributed by atoms with Crippen LogP contribution < -0.4 is 10.6 Å². The minimum Gasteiger partial charge on any atom is -0.349 e. The zero-order valence-corrected chi connectivity index (χ0v) is 11.1. The van der Waals surface area contributed by atoms with Crippen molar-refractivity contribution in [3.05, 3.63) is 42.2 Å². The average molecular weight is 257 g/mol. The summed E-state index contributed by atoms with van der Waals surface area (Å²) in [5, 5.41) is 8.06. The van der Waals surface area contributed by atoms with Gasteiger partial charge in [-0.3, -0.25) is 9.78 Å². The van der Waals surface area contributed by atoms with E-state index in [1.807, 2.05) is 30.3 Å². The predicted octanol–water partition coefficient (Wildman–Crippen LogP) is 1.96. The van der Waals surface area contributed by atoms with Gasteiger partial charge < -0.3 is 10.6 Å². The lowest BCUT2D eigenvalue weighted by atomic mass is 10.1. The molecule has 4 nitrogen and oxygen atoms in total.